The minimum absolute atomic E-state index is 0.106. The molecule has 1 aromatic carbocycles. The van der Waals surface area contributed by atoms with Crippen LogP contribution < -0.4 is 10.6 Å². The number of nitro benzene ring substituents is 1. The molecule has 0 fully saturated rings. The second-order valence-corrected chi connectivity index (χ2v) is 5.26. The number of rotatable bonds is 7. The van der Waals surface area contributed by atoms with Crippen molar-refractivity contribution < 1.29 is 14.5 Å². The standard InChI is InChI=1S/C16H19N5O4/c1-3-8-17-16(23)14-13(10-20(4-2)19-14)18-15(22)11-6-5-7-12(9-11)21(24)25/h5-7,9-10H,3-4,8H2,1-2H3,(H,17,23)(H,18,22). The lowest BCUT2D eigenvalue weighted by Crippen LogP contribution is -2.26. The molecule has 2 N–H and O–H groups in total. The molecule has 0 bridgehead atoms. The van der Waals surface area contributed by atoms with E-state index in [1.807, 2.05) is 13.8 Å². The molecule has 1 aromatic heterocycles. The van der Waals surface area contributed by atoms with Crippen molar-refractivity contribution in [3.8, 4) is 0 Å². The van der Waals surface area contributed by atoms with Crippen molar-refractivity contribution in [2.24, 2.45) is 0 Å². The summed E-state index contributed by atoms with van der Waals surface area (Å²) >= 11 is 0. The molecular formula is C16H19N5O4. The van der Waals surface area contributed by atoms with Crippen molar-refractivity contribution in [3.63, 3.8) is 0 Å². The molecule has 1 heterocycles. The van der Waals surface area contributed by atoms with Crippen LogP contribution in [0.15, 0.2) is 30.5 Å². The van der Waals surface area contributed by atoms with E-state index in [0.717, 1.165) is 6.42 Å². The molecule has 2 amide bonds. The van der Waals surface area contributed by atoms with Gasteiger partial charge >= 0.3 is 0 Å². The molecule has 0 saturated carbocycles. The topological polar surface area (TPSA) is 119 Å². The third-order valence-corrected chi connectivity index (χ3v) is 3.40. The Hall–Kier alpha value is -3.23. The van der Waals surface area contributed by atoms with Gasteiger partial charge in [0, 0.05) is 37.0 Å². The number of nitro groups is 1. The number of non-ortho nitro benzene ring substituents is 1. The van der Waals surface area contributed by atoms with Crippen molar-refractivity contribution in [2.45, 2.75) is 26.8 Å². The Balaban J connectivity index is 2.25. The summed E-state index contributed by atoms with van der Waals surface area (Å²) in [6.07, 6.45) is 2.33. The number of aryl methyl sites for hydroxylation is 1. The predicted molar refractivity (Wildman–Crippen MR) is 91.6 cm³/mol. The van der Waals surface area contributed by atoms with E-state index in [4.69, 9.17) is 0 Å². The first kappa shape index (κ1) is 18.1. The Morgan fingerprint density at radius 1 is 1.28 bits per heavy atom. The average Bonchev–Trinajstić information content (AvgIpc) is 3.02. The highest BCUT2D eigenvalue weighted by molar-refractivity contribution is 6.08. The van der Waals surface area contributed by atoms with Gasteiger partial charge in [0.05, 0.1) is 10.6 Å². The minimum atomic E-state index is -0.574. The van der Waals surface area contributed by atoms with Gasteiger partial charge in [-0.2, -0.15) is 5.10 Å². The van der Waals surface area contributed by atoms with E-state index in [2.05, 4.69) is 15.7 Å². The number of carbonyl (C=O) groups is 2. The maximum atomic E-state index is 12.4. The monoisotopic (exact) mass is 345 g/mol. The molecule has 0 atom stereocenters. The molecule has 0 saturated heterocycles. The van der Waals surface area contributed by atoms with Crippen molar-refractivity contribution in [1.82, 2.24) is 15.1 Å². The number of hydrogen-bond donors (Lipinski definition) is 2. The lowest BCUT2D eigenvalue weighted by atomic mass is 10.2. The summed E-state index contributed by atoms with van der Waals surface area (Å²) in [4.78, 5) is 34.8. The van der Waals surface area contributed by atoms with Crippen LogP contribution >= 0.6 is 0 Å². The number of carbonyl (C=O) groups excluding carboxylic acids is 2. The number of nitrogens with zero attached hydrogens (tertiary/aromatic N) is 3. The van der Waals surface area contributed by atoms with Crippen LogP contribution in [0.2, 0.25) is 0 Å². The molecule has 0 aliphatic carbocycles. The largest absolute Gasteiger partial charge is 0.351 e. The van der Waals surface area contributed by atoms with Crippen LogP contribution in [0.3, 0.4) is 0 Å². The Labute approximate surface area is 144 Å². The number of anilines is 1. The summed E-state index contributed by atoms with van der Waals surface area (Å²) < 4.78 is 1.53. The Kier molecular flexibility index (Phi) is 5.83. The van der Waals surface area contributed by atoms with Gasteiger partial charge in [0.25, 0.3) is 17.5 Å². The third kappa shape index (κ3) is 4.40. The van der Waals surface area contributed by atoms with Crippen LogP contribution in [0.4, 0.5) is 11.4 Å². The summed E-state index contributed by atoms with van der Waals surface area (Å²) in [6.45, 7) is 4.81. The zero-order chi connectivity index (χ0) is 18.4. The highest BCUT2D eigenvalue weighted by Crippen LogP contribution is 2.18. The first-order valence-electron chi connectivity index (χ1n) is 7.87. The highest BCUT2D eigenvalue weighted by Gasteiger charge is 2.19. The highest BCUT2D eigenvalue weighted by atomic mass is 16.6. The van der Waals surface area contributed by atoms with Gasteiger partial charge in [-0.05, 0) is 19.4 Å². The van der Waals surface area contributed by atoms with Gasteiger partial charge in [-0.15, -0.1) is 0 Å². The molecule has 0 aliphatic rings. The maximum absolute atomic E-state index is 12.4. The van der Waals surface area contributed by atoms with E-state index in [1.165, 1.54) is 28.9 Å². The van der Waals surface area contributed by atoms with Gasteiger partial charge in [0.15, 0.2) is 5.69 Å². The van der Waals surface area contributed by atoms with E-state index in [0.29, 0.717) is 13.1 Å². The van der Waals surface area contributed by atoms with Crippen LogP contribution in [0.25, 0.3) is 0 Å². The zero-order valence-corrected chi connectivity index (χ0v) is 14.0. The summed E-state index contributed by atoms with van der Waals surface area (Å²) in [7, 11) is 0. The Morgan fingerprint density at radius 3 is 2.68 bits per heavy atom. The second-order valence-electron chi connectivity index (χ2n) is 5.26. The summed E-state index contributed by atoms with van der Waals surface area (Å²) in [5, 5.41) is 20.3. The van der Waals surface area contributed by atoms with Gasteiger partial charge in [0.1, 0.15) is 0 Å². The number of nitrogens with one attached hydrogen (secondary N) is 2. The molecule has 0 radical (unpaired) electrons. The van der Waals surface area contributed by atoms with Crippen LogP contribution in [-0.4, -0.2) is 33.1 Å². The normalized spacial score (nSPS) is 10.3. The van der Waals surface area contributed by atoms with Crippen molar-refractivity contribution in [1.29, 1.82) is 0 Å². The molecule has 0 spiro atoms. The van der Waals surface area contributed by atoms with E-state index in [9.17, 15) is 19.7 Å². The van der Waals surface area contributed by atoms with Crippen molar-refractivity contribution in [3.05, 3.63) is 51.8 Å². The van der Waals surface area contributed by atoms with E-state index in [-0.39, 0.29) is 28.5 Å². The molecule has 2 rings (SSSR count). The van der Waals surface area contributed by atoms with E-state index >= 15 is 0 Å². The molecule has 9 heteroatoms. The van der Waals surface area contributed by atoms with Crippen molar-refractivity contribution >= 4 is 23.2 Å². The summed E-state index contributed by atoms with van der Waals surface area (Å²) in [6, 6.07) is 5.37. The molecule has 0 unspecified atom stereocenters. The van der Waals surface area contributed by atoms with Gasteiger partial charge in [-0.1, -0.05) is 13.0 Å². The summed E-state index contributed by atoms with van der Waals surface area (Å²) in [5.41, 5.74) is 0.303. The van der Waals surface area contributed by atoms with Crippen LogP contribution in [0.1, 0.15) is 41.1 Å². The fraction of sp³-hybridized carbons (Fsp3) is 0.312. The minimum Gasteiger partial charge on any atom is -0.351 e. The van der Waals surface area contributed by atoms with Crippen LogP contribution in [0.5, 0.6) is 0 Å². The van der Waals surface area contributed by atoms with E-state index in [1.54, 1.807) is 6.20 Å². The quantitative estimate of drug-likeness (QED) is 0.589. The predicted octanol–water partition coefficient (Wildman–Crippen LogP) is 2.20. The molecule has 9 nitrogen and oxygen atoms in total. The van der Waals surface area contributed by atoms with Gasteiger partial charge in [-0.3, -0.25) is 24.4 Å². The average molecular weight is 345 g/mol. The molecular weight excluding hydrogens is 326 g/mol. The number of aromatic nitrogens is 2. The molecule has 25 heavy (non-hydrogen) atoms. The third-order valence-electron chi connectivity index (χ3n) is 3.40. The zero-order valence-electron chi connectivity index (χ0n) is 14.0. The number of hydrogen-bond acceptors (Lipinski definition) is 5. The van der Waals surface area contributed by atoms with Crippen LogP contribution in [0, 0.1) is 10.1 Å². The molecule has 0 aliphatic heterocycles. The first-order valence-corrected chi connectivity index (χ1v) is 7.87. The first-order chi connectivity index (χ1) is 12.0. The smallest absolute Gasteiger partial charge is 0.273 e. The lowest BCUT2D eigenvalue weighted by Gasteiger charge is -2.06. The van der Waals surface area contributed by atoms with Gasteiger partial charge in [0.2, 0.25) is 0 Å². The van der Waals surface area contributed by atoms with Crippen LogP contribution in [-0.2, 0) is 6.54 Å². The molecule has 132 valence electrons. The van der Waals surface area contributed by atoms with Gasteiger partial charge < -0.3 is 10.6 Å². The molecule has 2 aromatic rings. The number of benzene rings is 1. The van der Waals surface area contributed by atoms with E-state index < -0.39 is 10.8 Å². The Bertz CT molecular complexity index is 800. The van der Waals surface area contributed by atoms with Crippen molar-refractivity contribution in [2.75, 3.05) is 11.9 Å². The Morgan fingerprint density at radius 2 is 2.04 bits per heavy atom. The number of amides is 2. The van der Waals surface area contributed by atoms with Gasteiger partial charge in [-0.25, -0.2) is 0 Å². The SMILES string of the molecule is CCCNC(=O)c1nn(CC)cc1NC(=O)c1cccc([N+](=O)[O-])c1. The maximum Gasteiger partial charge on any atom is 0.273 e. The fourth-order valence-electron chi connectivity index (χ4n) is 2.12. The summed E-state index contributed by atoms with van der Waals surface area (Å²) in [5.74, 6) is -0.938. The lowest BCUT2D eigenvalue weighted by molar-refractivity contribution is -0.384. The fourth-order valence-corrected chi connectivity index (χ4v) is 2.12. The second kappa shape index (κ2) is 8.04.